The molecule has 0 heterocycles. The Morgan fingerprint density at radius 3 is 2.22 bits per heavy atom. The lowest BCUT2D eigenvalue weighted by molar-refractivity contribution is -0.153. The number of hydrogen-bond acceptors (Lipinski definition) is 10. The number of phenols is 1. The van der Waals surface area contributed by atoms with Gasteiger partial charge in [-0.2, -0.15) is 0 Å². The van der Waals surface area contributed by atoms with Crippen molar-refractivity contribution in [1.29, 1.82) is 0 Å². The maximum atomic E-state index is 14.1. The number of primary amides is 1. The number of nitrogens with one attached hydrogen (secondary N) is 1. The van der Waals surface area contributed by atoms with Crippen molar-refractivity contribution < 1.29 is 48.0 Å². The third-order valence-electron chi connectivity index (χ3n) is 8.95. The molecule has 0 saturated heterocycles. The Bertz CT molecular complexity index is 1700. The number of fused-ring (bicyclic) bond motifs is 3. The van der Waals surface area contributed by atoms with E-state index in [9.17, 15) is 48.0 Å². The zero-order valence-electron chi connectivity index (χ0n) is 24.9. The number of amides is 1. The van der Waals surface area contributed by atoms with Crippen LogP contribution in [-0.2, 0) is 33.9 Å². The molecule has 1 saturated carbocycles. The molecule has 3 aliphatic rings. The zero-order chi connectivity index (χ0) is 33.3. The van der Waals surface area contributed by atoms with E-state index in [0.717, 1.165) is 12.1 Å². The van der Waals surface area contributed by atoms with Crippen molar-refractivity contribution in [2.45, 2.75) is 37.6 Å². The fraction of sp³-hybridized carbons (Fsp3) is 0.387. The number of benzene rings is 2. The summed E-state index contributed by atoms with van der Waals surface area (Å²) in [4.78, 5) is 42.7. The Morgan fingerprint density at radius 2 is 1.67 bits per heavy atom. The van der Waals surface area contributed by atoms with Crippen LogP contribution in [0.25, 0.3) is 5.76 Å². The molecule has 7 N–H and O–H groups in total. The molecule has 5 rings (SSSR count). The van der Waals surface area contributed by atoms with Gasteiger partial charge in [0.2, 0.25) is 5.78 Å². The van der Waals surface area contributed by atoms with E-state index in [1.54, 1.807) is 25.1 Å². The lowest BCUT2D eigenvalue weighted by atomic mass is 9.57. The van der Waals surface area contributed by atoms with Crippen LogP contribution in [-0.4, -0.2) is 82.6 Å². The maximum absolute atomic E-state index is 14.1. The van der Waals surface area contributed by atoms with Crippen molar-refractivity contribution in [2.24, 2.45) is 17.6 Å². The highest BCUT2D eigenvalue weighted by atomic mass is 19.2. The summed E-state index contributed by atoms with van der Waals surface area (Å²) in [5.41, 5.74) is 2.71. The van der Waals surface area contributed by atoms with Gasteiger partial charge in [0.25, 0.3) is 5.91 Å². The predicted octanol–water partition coefficient (Wildman–Crippen LogP) is 1.74. The minimum absolute atomic E-state index is 0.0481. The number of rotatable bonds is 7. The van der Waals surface area contributed by atoms with Crippen molar-refractivity contribution in [2.75, 3.05) is 33.1 Å². The predicted molar refractivity (Wildman–Crippen MR) is 155 cm³/mol. The Kier molecular flexibility index (Phi) is 7.96. The maximum Gasteiger partial charge on any atom is 0.255 e. The minimum atomic E-state index is -2.76. The first-order valence-electron chi connectivity index (χ1n) is 14.1. The van der Waals surface area contributed by atoms with E-state index in [4.69, 9.17) is 5.73 Å². The highest BCUT2D eigenvalue weighted by Crippen LogP contribution is 2.54. The molecule has 0 radical (unpaired) electrons. The van der Waals surface area contributed by atoms with Gasteiger partial charge < -0.3 is 36.4 Å². The molecule has 240 valence electrons. The quantitative estimate of drug-likeness (QED) is 0.195. The lowest BCUT2D eigenvalue weighted by Crippen LogP contribution is -2.65. The van der Waals surface area contributed by atoms with Gasteiger partial charge in [-0.3, -0.25) is 19.3 Å². The molecule has 2 aromatic rings. The second kappa shape index (κ2) is 11.2. The number of hydrogen-bond donors (Lipinski definition) is 6. The summed E-state index contributed by atoms with van der Waals surface area (Å²) in [6, 6.07) is 2.12. The van der Waals surface area contributed by atoms with Crippen LogP contribution in [0.4, 0.5) is 18.9 Å². The van der Waals surface area contributed by atoms with Crippen LogP contribution in [0.3, 0.4) is 0 Å². The number of phenolic OH excluding ortho intramolecular Hbond substituents is 1. The van der Waals surface area contributed by atoms with Gasteiger partial charge in [-0.15, -0.1) is 0 Å². The summed E-state index contributed by atoms with van der Waals surface area (Å²) in [5.74, 6) is -11.8. The molecule has 45 heavy (non-hydrogen) atoms. The smallest absolute Gasteiger partial charge is 0.255 e. The van der Waals surface area contributed by atoms with Crippen molar-refractivity contribution in [1.82, 2.24) is 10.2 Å². The van der Waals surface area contributed by atoms with Gasteiger partial charge in [0.15, 0.2) is 28.8 Å². The summed E-state index contributed by atoms with van der Waals surface area (Å²) < 4.78 is 40.7. The summed E-state index contributed by atoms with van der Waals surface area (Å²) in [6.45, 7) is -0.186. The van der Waals surface area contributed by atoms with Gasteiger partial charge >= 0.3 is 0 Å². The average molecular weight is 631 g/mol. The van der Waals surface area contributed by atoms with Gasteiger partial charge in [0.05, 0.1) is 11.6 Å². The van der Waals surface area contributed by atoms with E-state index in [1.165, 1.54) is 19.0 Å². The molecule has 1 fully saturated rings. The Morgan fingerprint density at radius 1 is 1.04 bits per heavy atom. The third-order valence-corrected chi connectivity index (χ3v) is 8.95. The number of aromatic hydroxyl groups is 1. The number of anilines is 1. The second-order valence-electron chi connectivity index (χ2n) is 12.1. The fourth-order valence-corrected chi connectivity index (χ4v) is 6.93. The summed E-state index contributed by atoms with van der Waals surface area (Å²) in [6.07, 6.45) is 0.0605. The molecule has 2 aromatic carbocycles. The van der Waals surface area contributed by atoms with Crippen molar-refractivity contribution >= 4 is 28.9 Å². The largest absolute Gasteiger partial charge is 0.508 e. The average Bonchev–Trinajstić information content (AvgIpc) is 2.94. The van der Waals surface area contributed by atoms with Crippen LogP contribution in [0.5, 0.6) is 5.75 Å². The van der Waals surface area contributed by atoms with Crippen LogP contribution in [0.1, 0.15) is 28.7 Å². The van der Waals surface area contributed by atoms with Crippen LogP contribution in [0.2, 0.25) is 0 Å². The normalized spacial score (nSPS) is 24.5. The Hall–Kier alpha value is -4.40. The summed E-state index contributed by atoms with van der Waals surface area (Å²) >= 11 is 0. The molecule has 1 amide bonds. The molecule has 1 unspecified atom stereocenters. The number of Topliss-reactive ketones (excluding diaryl/α,β-unsaturated/α-hetero) is 2. The van der Waals surface area contributed by atoms with E-state index in [1.807, 2.05) is 0 Å². The molecule has 0 aromatic heterocycles. The minimum Gasteiger partial charge on any atom is -0.508 e. The zero-order valence-corrected chi connectivity index (χ0v) is 24.9. The molecule has 0 bridgehead atoms. The highest BCUT2D eigenvalue weighted by molar-refractivity contribution is 6.24. The number of nitrogens with zero attached hydrogens (tertiary/aromatic N) is 2. The molecular weight excluding hydrogens is 597 g/mol. The van der Waals surface area contributed by atoms with Crippen LogP contribution < -0.4 is 16.0 Å². The number of aliphatic hydroxyl groups excluding tert-OH is 2. The Labute approximate surface area is 256 Å². The fourth-order valence-electron chi connectivity index (χ4n) is 6.93. The third kappa shape index (κ3) is 4.84. The van der Waals surface area contributed by atoms with E-state index in [-0.39, 0.29) is 48.2 Å². The first-order chi connectivity index (χ1) is 21.0. The van der Waals surface area contributed by atoms with Gasteiger partial charge in [-0.1, -0.05) is 0 Å². The molecule has 11 nitrogen and oxygen atoms in total. The second-order valence-corrected chi connectivity index (χ2v) is 12.1. The van der Waals surface area contributed by atoms with Crippen molar-refractivity contribution in [3.63, 3.8) is 0 Å². The van der Waals surface area contributed by atoms with Crippen molar-refractivity contribution in [3.8, 4) is 5.75 Å². The van der Waals surface area contributed by atoms with E-state index < -0.39 is 81.2 Å². The van der Waals surface area contributed by atoms with Gasteiger partial charge in [-0.05, 0) is 62.2 Å². The molecule has 0 aliphatic heterocycles. The number of halogens is 3. The molecule has 14 heteroatoms. The van der Waals surface area contributed by atoms with Crippen LogP contribution in [0.15, 0.2) is 35.1 Å². The van der Waals surface area contributed by atoms with E-state index >= 15 is 0 Å². The van der Waals surface area contributed by atoms with E-state index in [0.29, 0.717) is 11.3 Å². The molecule has 4 atom stereocenters. The SMILES string of the molecule is CN(C)c1cc(CNCc2cc(F)c(F)c(F)c2)c(O)c2c1C[C@H]1C[C@H]3C(N(C)C)C(=O)C(C(N)=O)=C(O)[C@@]3(O)C(=O)C1=C2O. The Balaban J connectivity index is 1.59. The first-order valence-corrected chi connectivity index (χ1v) is 14.1. The van der Waals surface area contributed by atoms with Crippen molar-refractivity contribution in [3.05, 3.63) is 74.8 Å². The highest BCUT2D eigenvalue weighted by Gasteiger charge is 2.64. The van der Waals surface area contributed by atoms with Crippen LogP contribution in [0, 0.1) is 29.3 Å². The lowest BCUT2D eigenvalue weighted by Gasteiger charge is -2.50. The number of nitrogens with two attached hydrogens (primary N) is 1. The molecule has 0 spiro atoms. The van der Waals surface area contributed by atoms with Gasteiger partial charge in [-0.25, -0.2) is 13.2 Å². The number of aliphatic hydroxyl groups is 3. The molecular formula is C31H33F3N4O7. The monoisotopic (exact) mass is 630 g/mol. The molecule has 3 aliphatic carbocycles. The standard InChI is InChI=1S/C31H33F3N4O7/c1-37(2)19-9-14(11-36-10-12-5-17(32)23(34)18(33)6-12)25(39)21-15(19)7-13-8-16-24(38(3)4)27(41)22(30(35)44)29(43)31(16,45)28(42)20(13)26(21)40/h5-6,9,13,16,24,36,39-40,43,45H,7-8,10-11H2,1-4H3,(H2,35,44)/t13-,16-,24?,31-/m0/s1. The van der Waals surface area contributed by atoms with Gasteiger partial charge in [0.1, 0.15) is 22.8 Å². The summed E-state index contributed by atoms with van der Waals surface area (Å²) in [5, 5.41) is 48.6. The van der Waals surface area contributed by atoms with Crippen LogP contribution >= 0.6 is 0 Å². The van der Waals surface area contributed by atoms with Gasteiger partial charge in [0, 0.05) is 49.9 Å². The number of carbonyl (C=O) groups is 3. The number of carbonyl (C=O) groups excluding carboxylic acids is 3. The number of ketones is 2. The number of likely N-dealkylation sites (N-methyl/N-ethyl adjacent to an activating group) is 1. The topological polar surface area (TPSA) is 177 Å². The first kappa shape index (κ1) is 32.0. The van der Waals surface area contributed by atoms with E-state index in [2.05, 4.69) is 5.32 Å². The summed E-state index contributed by atoms with van der Waals surface area (Å²) in [7, 11) is 6.50.